The van der Waals surface area contributed by atoms with Crippen LogP contribution < -0.4 is 11.1 Å². The van der Waals surface area contributed by atoms with Gasteiger partial charge in [-0.25, -0.2) is 0 Å². The van der Waals surface area contributed by atoms with Crippen molar-refractivity contribution in [2.24, 2.45) is 5.73 Å². The maximum atomic E-state index is 11.3. The van der Waals surface area contributed by atoms with Gasteiger partial charge in [0.25, 0.3) is 0 Å². The van der Waals surface area contributed by atoms with Crippen LogP contribution in [0.4, 0.5) is 0 Å². The van der Waals surface area contributed by atoms with E-state index >= 15 is 0 Å². The number of nitrogens with zero attached hydrogens (tertiary/aromatic N) is 1. The third-order valence-corrected chi connectivity index (χ3v) is 3.20. The molecule has 1 unspecified atom stereocenters. The van der Waals surface area contributed by atoms with Crippen molar-refractivity contribution in [2.45, 2.75) is 31.7 Å². The van der Waals surface area contributed by atoms with Crippen LogP contribution in [-0.2, 0) is 9.53 Å². The molecule has 3 N–H and O–H groups in total. The lowest BCUT2D eigenvalue weighted by atomic mass is 9.95. The van der Waals surface area contributed by atoms with Crippen molar-refractivity contribution in [2.75, 3.05) is 40.9 Å². The standard InChI is InChI=1S/C12H27N3O2/c1-12(14-2,11(13)16)7-5-8-15(3)9-6-10-17-4/h14H,5-10H2,1-4H3,(H2,13,16). The van der Waals surface area contributed by atoms with E-state index in [0.29, 0.717) is 0 Å². The Morgan fingerprint density at radius 3 is 2.47 bits per heavy atom. The van der Waals surface area contributed by atoms with Gasteiger partial charge in [0.1, 0.15) is 0 Å². The molecule has 0 aromatic heterocycles. The van der Waals surface area contributed by atoms with Crippen LogP contribution in [0.5, 0.6) is 0 Å². The highest BCUT2D eigenvalue weighted by atomic mass is 16.5. The maximum Gasteiger partial charge on any atom is 0.237 e. The first-order valence-electron chi connectivity index (χ1n) is 6.12. The zero-order valence-electron chi connectivity index (χ0n) is 11.6. The van der Waals surface area contributed by atoms with E-state index in [2.05, 4.69) is 17.3 Å². The van der Waals surface area contributed by atoms with Crippen molar-refractivity contribution in [3.63, 3.8) is 0 Å². The molecule has 0 aromatic rings. The number of carbonyl (C=O) groups is 1. The van der Waals surface area contributed by atoms with Crippen LogP contribution in [0, 0.1) is 0 Å². The summed E-state index contributed by atoms with van der Waals surface area (Å²) in [6, 6.07) is 0. The lowest BCUT2D eigenvalue weighted by molar-refractivity contribution is -0.123. The van der Waals surface area contributed by atoms with Gasteiger partial charge in [0.2, 0.25) is 5.91 Å². The zero-order chi connectivity index (χ0) is 13.3. The Bertz CT molecular complexity index is 224. The van der Waals surface area contributed by atoms with Gasteiger partial charge in [-0.05, 0) is 46.8 Å². The summed E-state index contributed by atoms with van der Waals surface area (Å²) in [5.41, 5.74) is 4.78. The van der Waals surface area contributed by atoms with Crippen molar-refractivity contribution in [3.05, 3.63) is 0 Å². The molecule has 0 radical (unpaired) electrons. The number of likely N-dealkylation sites (N-methyl/N-ethyl adjacent to an activating group) is 1. The number of methoxy groups -OCH3 is 1. The third-order valence-electron chi connectivity index (χ3n) is 3.20. The van der Waals surface area contributed by atoms with Gasteiger partial charge < -0.3 is 20.7 Å². The van der Waals surface area contributed by atoms with Crippen LogP contribution in [0.3, 0.4) is 0 Å². The fraction of sp³-hybridized carbons (Fsp3) is 0.917. The van der Waals surface area contributed by atoms with Crippen molar-refractivity contribution in [1.29, 1.82) is 0 Å². The largest absolute Gasteiger partial charge is 0.385 e. The van der Waals surface area contributed by atoms with Gasteiger partial charge in [0.05, 0.1) is 5.54 Å². The summed E-state index contributed by atoms with van der Waals surface area (Å²) in [7, 11) is 5.56. The van der Waals surface area contributed by atoms with Crippen LogP contribution in [0.1, 0.15) is 26.2 Å². The second-order valence-electron chi connectivity index (χ2n) is 4.70. The highest BCUT2D eigenvalue weighted by Crippen LogP contribution is 2.11. The van der Waals surface area contributed by atoms with E-state index < -0.39 is 5.54 Å². The predicted molar refractivity (Wildman–Crippen MR) is 69.9 cm³/mol. The van der Waals surface area contributed by atoms with Crippen molar-refractivity contribution < 1.29 is 9.53 Å². The van der Waals surface area contributed by atoms with Gasteiger partial charge >= 0.3 is 0 Å². The number of hydrogen-bond acceptors (Lipinski definition) is 4. The molecule has 1 amide bonds. The van der Waals surface area contributed by atoms with Crippen LogP contribution in [0.2, 0.25) is 0 Å². The monoisotopic (exact) mass is 245 g/mol. The zero-order valence-corrected chi connectivity index (χ0v) is 11.6. The fourth-order valence-electron chi connectivity index (χ4n) is 1.66. The Morgan fingerprint density at radius 1 is 1.41 bits per heavy atom. The van der Waals surface area contributed by atoms with Crippen molar-refractivity contribution >= 4 is 5.91 Å². The summed E-state index contributed by atoms with van der Waals surface area (Å²) in [6.45, 7) is 4.62. The molecule has 1 atom stereocenters. The quantitative estimate of drug-likeness (QED) is 0.540. The molecule has 0 aliphatic carbocycles. The Hall–Kier alpha value is -0.650. The summed E-state index contributed by atoms with van der Waals surface area (Å²) < 4.78 is 5.00. The molecule has 0 aliphatic heterocycles. The second-order valence-corrected chi connectivity index (χ2v) is 4.70. The molecule has 102 valence electrons. The van der Waals surface area contributed by atoms with E-state index in [-0.39, 0.29) is 5.91 Å². The highest BCUT2D eigenvalue weighted by Gasteiger charge is 2.28. The molecule has 0 saturated carbocycles. The number of amides is 1. The summed E-state index contributed by atoms with van der Waals surface area (Å²) >= 11 is 0. The minimum absolute atomic E-state index is 0.290. The molecule has 0 saturated heterocycles. The van der Waals surface area contributed by atoms with E-state index in [4.69, 9.17) is 10.5 Å². The molecule has 5 nitrogen and oxygen atoms in total. The highest BCUT2D eigenvalue weighted by molar-refractivity contribution is 5.84. The number of primary amides is 1. The number of nitrogens with one attached hydrogen (secondary N) is 1. The maximum absolute atomic E-state index is 11.3. The fourth-order valence-corrected chi connectivity index (χ4v) is 1.66. The van der Waals surface area contributed by atoms with Crippen molar-refractivity contribution in [1.82, 2.24) is 10.2 Å². The first-order valence-corrected chi connectivity index (χ1v) is 6.12. The molecule has 0 bridgehead atoms. The van der Waals surface area contributed by atoms with Crippen LogP contribution in [0.15, 0.2) is 0 Å². The Morgan fingerprint density at radius 2 is 2.00 bits per heavy atom. The topological polar surface area (TPSA) is 67.6 Å². The smallest absolute Gasteiger partial charge is 0.237 e. The lowest BCUT2D eigenvalue weighted by Gasteiger charge is -2.26. The number of rotatable bonds is 10. The number of ether oxygens (including phenoxy) is 1. The average molecular weight is 245 g/mol. The molecule has 0 heterocycles. The molecule has 5 heteroatoms. The summed E-state index contributed by atoms with van der Waals surface area (Å²) in [5.74, 6) is -0.290. The first-order chi connectivity index (χ1) is 7.96. The van der Waals surface area contributed by atoms with E-state index in [1.54, 1.807) is 14.2 Å². The molecular formula is C12H27N3O2. The lowest BCUT2D eigenvalue weighted by Crippen LogP contribution is -2.51. The summed E-state index contributed by atoms with van der Waals surface area (Å²) in [5, 5.41) is 2.99. The van der Waals surface area contributed by atoms with Crippen LogP contribution in [0.25, 0.3) is 0 Å². The van der Waals surface area contributed by atoms with Crippen molar-refractivity contribution in [3.8, 4) is 0 Å². The molecule has 0 aromatic carbocycles. The normalized spacial score (nSPS) is 14.9. The second kappa shape index (κ2) is 8.44. The van der Waals surface area contributed by atoms with E-state index in [1.165, 1.54) is 0 Å². The Labute approximate surface area is 105 Å². The number of hydrogen-bond donors (Lipinski definition) is 2. The Kier molecular flexibility index (Phi) is 8.12. The number of nitrogens with two attached hydrogens (primary N) is 1. The average Bonchev–Trinajstić information content (AvgIpc) is 2.29. The van der Waals surface area contributed by atoms with Crippen LogP contribution >= 0.6 is 0 Å². The SMILES string of the molecule is CNC(C)(CCCN(C)CCCOC)C(N)=O. The van der Waals surface area contributed by atoms with E-state index in [9.17, 15) is 4.79 Å². The van der Waals surface area contributed by atoms with Gasteiger partial charge in [-0.15, -0.1) is 0 Å². The molecule has 0 spiro atoms. The van der Waals surface area contributed by atoms with Gasteiger partial charge in [0, 0.05) is 20.3 Å². The van der Waals surface area contributed by atoms with Crippen LogP contribution in [-0.4, -0.2) is 57.2 Å². The molecule has 17 heavy (non-hydrogen) atoms. The van der Waals surface area contributed by atoms with Gasteiger partial charge in [-0.3, -0.25) is 4.79 Å². The van der Waals surface area contributed by atoms with Gasteiger partial charge in [-0.2, -0.15) is 0 Å². The van der Waals surface area contributed by atoms with E-state index in [0.717, 1.165) is 39.0 Å². The van der Waals surface area contributed by atoms with Gasteiger partial charge in [-0.1, -0.05) is 0 Å². The molecule has 0 aliphatic rings. The first kappa shape index (κ1) is 16.4. The molecular weight excluding hydrogens is 218 g/mol. The summed E-state index contributed by atoms with van der Waals surface area (Å²) in [6.07, 6.45) is 2.74. The summed E-state index contributed by atoms with van der Waals surface area (Å²) in [4.78, 5) is 13.5. The Balaban J connectivity index is 3.77. The molecule has 0 rings (SSSR count). The third kappa shape index (κ3) is 6.61. The van der Waals surface area contributed by atoms with Gasteiger partial charge in [0.15, 0.2) is 0 Å². The minimum Gasteiger partial charge on any atom is -0.385 e. The minimum atomic E-state index is -0.590. The molecule has 0 fully saturated rings. The number of carbonyl (C=O) groups excluding carboxylic acids is 1. The predicted octanol–water partition coefficient (Wildman–Crippen LogP) is 0.198. The van der Waals surface area contributed by atoms with E-state index in [1.807, 2.05) is 6.92 Å².